The van der Waals surface area contributed by atoms with Gasteiger partial charge in [-0.1, -0.05) is 0 Å². The number of benzene rings is 1. The summed E-state index contributed by atoms with van der Waals surface area (Å²) in [5, 5.41) is 1.13. The Morgan fingerprint density at radius 1 is 1.13 bits per heavy atom. The Morgan fingerprint density at radius 3 is 2.33 bits per heavy atom. The first-order valence-electron chi connectivity index (χ1n) is 4.48. The molecular weight excluding hydrogens is 276 g/mol. The van der Waals surface area contributed by atoms with Gasteiger partial charge in [0.1, 0.15) is 11.5 Å². The number of hydrogen-bond donors (Lipinski definition) is 0. The first-order valence-corrected chi connectivity index (χ1v) is 6.09. The zero-order valence-corrected chi connectivity index (χ0v) is 11.2. The molecule has 0 aliphatic carbocycles. The number of aryl methyl sites for hydroxylation is 1. The number of ether oxygens (including phenoxy) is 2. The summed E-state index contributed by atoms with van der Waals surface area (Å²) < 4.78 is 12.9. The van der Waals surface area contributed by atoms with Crippen LogP contribution >= 0.6 is 27.3 Å². The Morgan fingerprint density at radius 2 is 1.73 bits per heavy atom. The average Bonchev–Trinajstić information content (AvgIpc) is 2.55. The highest BCUT2D eigenvalue weighted by Gasteiger charge is 2.14. The highest BCUT2D eigenvalue weighted by atomic mass is 79.9. The lowest BCUT2D eigenvalue weighted by Crippen LogP contribution is -1.87. The van der Waals surface area contributed by atoms with Crippen LogP contribution in [0, 0.1) is 6.92 Å². The standard InChI is InChI=1S/C11H11BrO2S/c1-6-9-7(13-2)4-5-8(14-3)10(9)15-11(6)12/h4-5H,1-3H3. The van der Waals surface area contributed by atoms with Gasteiger partial charge in [-0.3, -0.25) is 0 Å². The van der Waals surface area contributed by atoms with E-state index < -0.39 is 0 Å². The number of fused-ring (bicyclic) bond motifs is 1. The summed E-state index contributed by atoms with van der Waals surface area (Å²) in [6.45, 7) is 2.07. The lowest BCUT2D eigenvalue weighted by molar-refractivity contribution is 0.411. The lowest BCUT2D eigenvalue weighted by atomic mass is 10.1. The van der Waals surface area contributed by atoms with E-state index in [4.69, 9.17) is 9.47 Å². The summed E-state index contributed by atoms with van der Waals surface area (Å²) in [4.78, 5) is 0. The fraction of sp³-hybridized carbons (Fsp3) is 0.273. The van der Waals surface area contributed by atoms with Crippen molar-refractivity contribution in [2.75, 3.05) is 14.2 Å². The Balaban J connectivity index is 2.86. The largest absolute Gasteiger partial charge is 0.496 e. The van der Waals surface area contributed by atoms with Crippen LogP contribution in [0.1, 0.15) is 5.56 Å². The molecule has 0 bridgehead atoms. The molecule has 0 unspecified atom stereocenters. The van der Waals surface area contributed by atoms with Gasteiger partial charge >= 0.3 is 0 Å². The van der Waals surface area contributed by atoms with Crippen LogP contribution in [0.5, 0.6) is 11.5 Å². The molecule has 80 valence electrons. The monoisotopic (exact) mass is 286 g/mol. The number of thiophene rings is 1. The number of hydrogen-bond acceptors (Lipinski definition) is 3. The van der Waals surface area contributed by atoms with Crippen molar-refractivity contribution >= 4 is 37.4 Å². The second-order valence-electron chi connectivity index (χ2n) is 3.17. The molecule has 0 spiro atoms. The van der Waals surface area contributed by atoms with Gasteiger partial charge in [-0.15, -0.1) is 11.3 Å². The minimum atomic E-state index is 0.893. The maximum absolute atomic E-state index is 5.35. The third-order valence-electron chi connectivity index (χ3n) is 2.38. The first kappa shape index (κ1) is 10.8. The molecule has 0 N–H and O–H groups in total. The van der Waals surface area contributed by atoms with Gasteiger partial charge < -0.3 is 9.47 Å². The van der Waals surface area contributed by atoms with Crippen molar-refractivity contribution in [2.45, 2.75) is 6.92 Å². The predicted octanol–water partition coefficient (Wildman–Crippen LogP) is 3.99. The molecule has 0 atom stereocenters. The third-order valence-corrected chi connectivity index (χ3v) is 4.56. The summed E-state index contributed by atoms with van der Waals surface area (Å²) in [6.07, 6.45) is 0. The summed E-state index contributed by atoms with van der Waals surface area (Å²) >= 11 is 5.21. The second-order valence-corrected chi connectivity index (χ2v) is 5.51. The maximum atomic E-state index is 5.35. The van der Waals surface area contributed by atoms with Crippen LogP contribution in [-0.2, 0) is 0 Å². The van der Waals surface area contributed by atoms with Gasteiger partial charge in [0.25, 0.3) is 0 Å². The Hall–Kier alpha value is -0.740. The van der Waals surface area contributed by atoms with Crippen LogP contribution in [0.15, 0.2) is 15.9 Å². The second kappa shape index (κ2) is 4.02. The number of methoxy groups -OCH3 is 2. The third kappa shape index (κ3) is 1.62. The normalized spacial score (nSPS) is 10.7. The zero-order chi connectivity index (χ0) is 11.0. The van der Waals surface area contributed by atoms with Crippen LogP contribution in [-0.4, -0.2) is 14.2 Å². The molecule has 1 heterocycles. The summed E-state index contributed by atoms with van der Waals surface area (Å²) in [7, 11) is 3.37. The molecule has 2 aromatic rings. The van der Waals surface area contributed by atoms with E-state index in [1.54, 1.807) is 25.6 Å². The van der Waals surface area contributed by atoms with Crippen LogP contribution in [0.4, 0.5) is 0 Å². The van der Waals surface area contributed by atoms with Gasteiger partial charge in [-0.2, -0.15) is 0 Å². The van der Waals surface area contributed by atoms with Crippen molar-refractivity contribution in [1.82, 2.24) is 0 Å². The van der Waals surface area contributed by atoms with Crippen molar-refractivity contribution < 1.29 is 9.47 Å². The molecule has 1 aromatic carbocycles. The van der Waals surface area contributed by atoms with Crippen LogP contribution in [0.2, 0.25) is 0 Å². The van der Waals surface area contributed by atoms with Crippen molar-refractivity contribution in [1.29, 1.82) is 0 Å². The number of halogens is 1. The highest BCUT2D eigenvalue weighted by molar-refractivity contribution is 9.11. The van der Waals surface area contributed by atoms with Gasteiger partial charge in [-0.05, 0) is 40.5 Å². The van der Waals surface area contributed by atoms with Crippen molar-refractivity contribution in [3.05, 3.63) is 21.5 Å². The maximum Gasteiger partial charge on any atom is 0.136 e. The van der Waals surface area contributed by atoms with E-state index in [1.807, 2.05) is 12.1 Å². The van der Waals surface area contributed by atoms with E-state index in [-0.39, 0.29) is 0 Å². The van der Waals surface area contributed by atoms with Crippen molar-refractivity contribution in [3.63, 3.8) is 0 Å². The zero-order valence-electron chi connectivity index (χ0n) is 8.76. The fourth-order valence-electron chi connectivity index (χ4n) is 1.60. The molecule has 0 aliphatic rings. The molecule has 0 fully saturated rings. The molecule has 0 amide bonds. The van der Waals surface area contributed by atoms with E-state index in [0.717, 1.165) is 25.4 Å². The predicted molar refractivity (Wildman–Crippen MR) is 67.4 cm³/mol. The molecule has 0 aliphatic heterocycles. The molecule has 0 radical (unpaired) electrons. The topological polar surface area (TPSA) is 18.5 Å². The average molecular weight is 287 g/mol. The quantitative estimate of drug-likeness (QED) is 0.831. The van der Waals surface area contributed by atoms with Gasteiger partial charge in [-0.25, -0.2) is 0 Å². The minimum absolute atomic E-state index is 0.893. The highest BCUT2D eigenvalue weighted by Crippen LogP contribution is 2.44. The smallest absolute Gasteiger partial charge is 0.136 e. The van der Waals surface area contributed by atoms with E-state index in [0.29, 0.717) is 0 Å². The van der Waals surface area contributed by atoms with Crippen LogP contribution in [0.3, 0.4) is 0 Å². The molecule has 0 saturated heterocycles. The summed E-state index contributed by atoms with van der Waals surface area (Å²) in [6, 6.07) is 3.87. The van der Waals surface area contributed by atoms with Crippen LogP contribution < -0.4 is 9.47 Å². The van der Waals surface area contributed by atoms with E-state index in [9.17, 15) is 0 Å². The van der Waals surface area contributed by atoms with Gasteiger partial charge in [0, 0.05) is 5.39 Å². The minimum Gasteiger partial charge on any atom is -0.496 e. The molecule has 0 saturated carbocycles. The fourth-order valence-corrected chi connectivity index (χ4v) is 3.32. The SMILES string of the molecule is COc1ccc(OC)c2c(C)c(Br)sc12. The van der Waals surface area contributed by atoms with Gasteiger partial charge in [0.2, 0.25) is 0 Å². The van der Waals surface area contributed by atoms with Gasteiger partial charge in [0.05, 0.1) is 22.7 Å². The molecule has 2 rings (SSSR count). The summed E-state index contributed by atoms with van der Waals surface area (Å²) in [5.74, 6) is 1.79. The molecule has 4 heteroatoms. The molecular formula is C11H11BrO2S. The van der Waals surface area contributed by atoms with Gasteiger partial charge in [0.15, 0.2) is 0 Å². The Labute approximate surface area is 101 Å². The van der Waals surface area contributed by atoms with E-state index >= 15 is 0 Å². The summed E-state index contributed by atoms with van der Waals surface area (Å²) in [5.41, 5.74) is 1.20. The van der Waals surface area contributed by atoms with E-state index in [2.05, 4.69) is 22.9 Å². The van der Waals surface area contributed by atoms with Crippen molar-refractivity contribution in [2.24, 2.45) is 0 Å². The molecule has 2 nitrogen and oxygen atoms in total. The first-order chi connectivity index (χ1) is 7.19. The number of rotatable bonds is 2. The Kier molecular flexibility index (Phi) is 2.89. The lowest BCUT2D eigenvalue weighted by Gasteiger charge is -2.06. The Bertz CT molecular complexity index is 505. The van der Waals surface area contributed by atoms with Crippen molar-refractivity contribution in [3.8, 4) is 11.5 Å². The van der Waals surface area contributed by atoms with Crippen LogP contribution in [0.25, 0.3) is 10.1 Å². The van der Waals surface area contributed by atoms with E-state index in [1.165, 1.54) is 5.56 Å². The molecule has 15 heavy (non-hydrogen) atoms. The molecule has 1 aromatic heterocycles.